The van der Waals surface area contributed by atoms with Gasteiger partial charge in [-0.15, -0.1) is 0 Å². The summed E-state index contributed by atoms with van der Waals surface area (Å²) in [5.74, 6) is 1.95. The molecular weight excluding hydrogens is 520 g/mol. The van der Waals surface area contributed by atoms with Gasteiger partial charge in [0.2, 0.25) is 0 Å². The fourth-order valence-electron chi connectivity index (χ4n) is 2.72. The predicted octanol–water partition coefficient (Wildman–Crippen LogP) is 5.39. The van der Waals surface area contributed by atoms with E-state index in [9.17, 15) is 5.11 Å². The van der Waals surface area contributed by atoms with Crippen LogP contribution in [0.5, 0.6) is 17.2 Å². The van der Waals surface area contributed by atoms with Crippen LogP contribution in [-0.4, -0.2) is 26.4 Å². The second-order valence-corrected chi connectivity index (χ2v) is 7.79. The minimum absolute atomic E-state index is 0.0749. The Hall–Kier alpha value is -0.760. The highest BCUT2D eigenvalue weighted by molar-refractivity contribution is 9.13. The van der Waals surface area contributed by atoms with Crippen LogP contribution in [0.15, 0.2) is 25.6 Å². The van der Waals surface area contributed by atoms with E-state index < -0.39 is 0 Å². The molecule has 7 heteroatoms. The Bertz CT molecular complexity index is 791. The topological polar surface area (TPSA) is 47.9 Å². The van der Waals surface area contributed by atoms with Gasteiger partial charge in [0.1, 0.15) is 5.75 Å². The normalized spacial score (nSPS) is 10.7. The number of rotatable bonds is 6. The molecule has 2 aromatic carbocycles. The Balaban J connectivity index is 2.59. The zero-order chi connectivity index (χ0) is 18.7. The Labute approximate surface area is 172 Å². The average molecular weight is 539 g/mol. The molecule has 0 aromatic heterocycles. The van der Waals surface area contributed by atoms with E-state index in [4.69, 9.17) is 14.2 Å². The molecule has 0 aliphatic rings. The monoisotopic (exact) mass is 536 g/mol. The fraction of sp³-hybridized carbons (Fsp3) is 0.333. The first kappa shape index (κ1) is 20.6. The van der Waals surface area contributed by atoms with Crippen molar-refractivity contribution in [2.24, 2.45) is 0 Å². The molecule has 0 bridgehead atoms. The summed E-state index contributed by atoms with van der Waals surface area (Å²) in [7, 11) is 4.82. The van der Waals surface area contributed by atoms with Crippen LogP contribution < -0.4 is 14.2 Å². The van der Waals surface area contributed by atoms with E-state index >= 15 is 0 Å². The molecule has 0 heterocycles. The van der Waals surface area contributed by atoms with Crippen molar-refractivity contribution in [1.82, 2.24) is 0 Å². The van der Waals surface area contributed by atoms with Crippen molar-refractivity contribution >= 4 is 47.8 Å². The molecule has 136 valence electrons. The van der Waals surface area contributed by atoms with Crippen LogP contribution in [0, 0.1) is 6.92 Å². The van der Waals surface area contributed by atoms with Crippen molar-refractivity contribution in [1.29, 1.82) is 0 Å². The van der Waals surface area contributed by atoms with Crippen LogP contribution in [-0.2, 0) is 13.0 Å². The third-order valence-corrected chi connectivity index (χ3v) is 7.02. The first-order chi connectivity index (χ1) is 11.9. The largest absolute Gasteiger partial charge is 0.495 e. The van der Waals surface area contributed by atoms with Gasteiger partial charge in [-0.1, -0.05) is 0 Å². The van der Waals surface area contributed by atoms with E-state index in [1.807, 2.05) is 19.1 Å². The van der Waals surface area contributed by atoms with Gasteiger partial charge in [-0.05, 0) is 83.5 Å². The van der Waals surface area contributed by atoms with Crippen LogP contribution in [0.25, 0.3) is 0 Å². The highest BCUT2D eigenvalue weighted by Gasteiger charge is 2.20. The van der Waals surface area contributed by atoms with Gasteiger partial charge in [-0.2, -0.15) is 0 Å². The lowest BCUT2D eigenvalue weighted by atomic mass is 9.97. The number of hydrogen-bond donors (Lipinski definition) is 1. The number of aliphatic hydroxyl groups is 1. The second-order valence-electron chi connectivity index (χ2n) is 5.41. The molecule has 0 aliphatic heterocycles. The first-order valence-corrected chi connectivity index (χ1v) is 9.81. The van der Waals surface area contributed by atoms with Crippen LogP contribution in [0.1, 0.15) is 22.3 Å². The number of halogens is 3. The third-order valence-electron chi connectivity index (χ3n) is 3.99. The Kier molecular flexibility index (Phi) is 7.19. The molecule has 0 spiro atoms. The van der Waals surface area contributed by atoms with Gasteiger partial charge in [0.15, 0.2) is 11.5 Å². The number of ether oxygens (including phenoxy) is 3. The molecule has 0 fully saturated rings. The van der Waals surface area contributed by atoms with Crippen molar-refractivity contribution < 1.29 is 19.3 Å². The molecule has 25 heavy (non-hydrogen) atoms. The first-order valence-electron chi connectivity index (χ1n) is 7.44. The Morgan fingerprint density at radius 2 is 1.48 bits per heavy atom. The smallest absolute Gasteiger partial charge is 0.176 e. The molecule has 1 N–H and O–H groups in total. The molecule has 0 saturated carbocycles. The van der Waals surface area contributed by atoms with Crippen molar-refractivity contribution in [2.45, 2.75) is 20.0 Å². The van der Waals surface area contributed by atoms with Crippen LogP contribution in [0.3, 0.4) is 0 Å². The maximum Gasteiger partial charge on any atom is 0.176 e. The summed E-state index contributed by atoms with van der Waals surface area (Å²) < 4.78 is 18.9. The summed E-state index contributed by atoms with van der Waals surface area (Å²) in [6.45, 7) is 1.94. The minimum Gasteiger partial charge on any atom is -0.495 e. The molecule has 0 radical (unpaired) electrons. The molecular formula is C18H19Br3O4. The Morgan fingerprint density at radius 1 is 0.840 bits per heavy atom. The summed E-state index contributed by atoms with van der Waals surface area (Å²) in [6.07, 6.45) is 0.647. The third kappa shape index (κ3) is 3.99. The summed E-state index contributed by atoms with van der Waals surface area (Å²) >= 11 is 10.8. The van der Waals surface area contributed by atoms with E-state index in [-0.39, 0.29) is 6.61 Å². The lowest BCUT2D eigenvalue weighted by Crippen LogP contribution is -2.02. The highest BCUT2D eigenvalue weighted by Crippen LogP contribution is 2.44. The molecule has 0 unspecified atom stereocenters. The van der Waals surface area contributed by atoms with Crippen molar-refractivity contribution in [3.63, 3.8) is 0 Å². The van der Waals surface area contributed by atoms with Crippen LogP contribution >= 0.6 is 47.8 Å². The van der Waals surface area contributed by atoms with Gasteiger partial charge in [-0.25, -0.2) is 0 Å². The van der Waals surface area contributed by atoms with Crippen molar-refractivity contribution in [2.75, 3.05) is 21.3 Å². The van der Waals surface area contributed by atoms with Gasteiger partial charge in [0, 0.05) is 16.5 Å². The van der Waals surface area contributed by atoms with Crippen LogP contribution in [0.4, 0.5) is 0 Å². The molecule has 4 nitrogen and oxygen atoms in total. The average Bonchev–Trinajstić information content (AvgIpc) is 2.61. The second kappa shape index (κ2) is 8.75. The standard InChI is InChI=1S/C18H19Br3O4/c1-9-5-11(8-22)17(24-3)15(20)12(9)6-10-7-13(23-2)18(25-4)16(21)14(10)19/h5,7,22H,6,8H2,1-4H3. The Morgan fingerprint density at radius 3 is 2.00 bits per heavy atom. The molecule has 0 amide bonds. The lowest BCUT2D eigenvalue weighted by molar-refractivity contribution is 0.273. The van der Waals surface area contributed by atoms with Gasteiger partial charge in [-0.3, -0.25) is 0 Å². The summed E-state index contributed by atoms with van der Waals surface area (Å²) in [6, 6.07) is 3.90. The number of benzene rings is 2. The maximum atomic E-state index is 9.54. The van der Waals surface area contributed by atoms with Gasteiger partial charge in [0.25, 0.3) is 0 Å². The minimum atomic E-state index is -0.0749. The number of hydrogen-bond acceptors (Lipinski definition) is 4. The predicted molar refractivity (Wildman–Crippen MR) is 109 cm³/mol. The van der Waals surface area contributed by atoms with E-state index in [1.165, 1.54) is 0 Å². The summed E-state index contributed by atoms with van der Waals surface area (Å²) in [5.41, 5.74) is 3.93. The van der Waals surface area contributed by atoms with Crippen molar-refractivity contribution in [3.05, 3.63) is 47.8 Å². The van der Waals surface area contributed by atoms with E-state index in [2.05, 4.69) is 47.8 Å². The highest BCUT2D eigenvalue weighted by atomic mass is 79.9. The van der Waals surface area contributed by atoms with E-state index in [0.29, 0.717) is 23.7 Å². The maximum absolute atomic E-state index is 9.54. The number of aryl methyl sites for hydroxylation is 1. The zero-order valence-electron chi connectivity index (χ0n) is 14.4. The summed E-state index contributed by atoms with van der Waals surface area (Å²) in [4.78, 5) is 0. The fourth-order valence-corrected chi connectivity index (χ4v) is 4.63. The molecule has 0 saturated heterocycles. The van der Waals surface area contributed by atoms with Gasteiger partial charge in [0.05, 0.1) is 36.9 Å². The quantitative estimate of drug-likeness (QED) is 0.535. The van der Waals surface area contributed by atoms with Crippen molar-refractivity contribution in [3.8, 4) is 17.2 Å². The lowest BCUT2D eigenvalue weighted by Gasteiger charge is -2.18. The van der Waals surface area contributed by atoms with E-state index in [1.54, 1.807) is 21.3 Å². The van der Waals surface area contributed by atoms with Gasteiger partial charge >= 0.3 is 0 Å². The van der Waals surface area contributed by atoms with Crippen LogP contribution in [0.2, 0.25) is 0 Å². The molecule has 0 atom stereocenters. The molecule has 0 aliphatic carbocycles. The SMILES string of the molecule is COc1cc(Cc2c(C)cc(CO)c(OC)c2Br)c(Br)c(Br)c1OC. The number of methoxy groups -OCH3 is 3. The van der Waals surface area contributed by atoms with Gasteiger partial charge < -0.3 is 19.3 Å². The van der Waals surface area contributed by atoms with E-state index in [0.717, 1.165) is 35.7 Å². The molecule has 2 rings (SSSR count). The number of aliphatic hydroxyl groups excluding tert-OH is 1. The molecule has 2 aromatic rings. The zero-order valence-corrected chi connectivity index (χ0v) is 19.1. The summed E-state index contributed by atoms with van der Waals surface area (Å²) in [5, 5.41) is 9.54.